The van der Waals surface area contributed by atoms with Crippen molar-refractivity contribution >= 4 is 17.7 Å². The first-order chi connectivity index (χ1) is 8.72. The highest BCUT2D eigenvalue weighted by atomic mass is 16.1. The van der Waals surface area contributed by atoms with Gasteiger partial charge in [0.2, 0.25) is 0 Å². The molecule has 18 heavy (non-hydrogen) atoms. The third-order valence-electron chi connectivity index (χ3n) is 2.77. The van der Waals surface area contributed by atoms with E-state index in [0.717, 1.165) is 28.8 Å². The van der Waals surface area contributed by atoms with Crippen LogP contribution in [0.25, 0.3) is 0 Å². The van der Waals surface area contributed by atoms with E-state index in [1.807, 2.05) is 38.1 Å². The van der Waals surface area contributed by atoms with Crippen LogP contribution in [-0.4, -0.2) is 17.0 Å². The first-order valence-corrected chi connectivity index (χ1v) is 5.73. The molecule has 3 heteroatoms. The molecule has 0 unspecified atom stereocenters. The number of carbonyl (C=O) groups is 1. The predicted molar refractivity (Wildman–Crippen MR) is 72.7 cm³/mol. The number of hydrogen-bond acceptors (Lipinski definition) is 3. The lowest BCUT2D eigenvalue weighted by Crippen LogP contribution is -1.95. The molecule has 0 aliphatic carbocycles. The van der Waals surface area contributed by atoms with Gasteiger partial charge in [0.25, 0.3) is 0 Å². The number of aromatic nitrogens is 1. The van der Waals surface area contributed by atoms with E-state index in [-0.39, 0.29) is 0 Å². The topological polar surface area (TPSA) is 42.3 Å². The maximum atomic E-state index is 11.0. The second kappa shape index (κ2) is 5.36. The summed E-state index contributed by atoms with van der Waals surface area (Å²) < 4.78 is 0. The summed E-state index contributed by atoms with van der Waals surface area (Å²) >= 11 is 0. The van der Waals surface area contributed by atoms with Crippen molar-refractivity contribution in [3.8, 4) is 0 Å². The highest BCUT2D eigenvalue weighted by Crippen LogP contribution is 2.23. The molecule has 0 saturated heterocycles. The molecule has 90 valence electrons. The van der Waals surface area contributed by atoms with Gasteiger partial charge in [-0.05, 0) is 43.2 Å². The van der Waals surface area contributed by atoms with Gasteiger partial charge >= 0.3 is 0 Å². The van der Waals surface area contributed by atoms with Crippen molar-refractivity contribution in [2.24, 2.45) is 4.99 Å². The lowest BCUT2D eigenvalue weighted by atomic mass is 10.1. The summed E-state index contributed by atoms with van der Waals surface area (Å²) in [5.41, 5.74) is 4.22. The van der Waals surface area contributed by atoms with E-state index >= 15 is 0 Å². The van der Waals surface area contributed by atoms with Gasteiger partial charge in [0.1, 0.15) is 0 Å². The number of rotatable bonds is 3. The number of nitrogens with zero attached hydrogens (tertiary/aromatic N) is 2. The molecular weight excluding hydrogens is 224 g/mol. The lowest BCUT2D eigenvalue weighted by Gasteiger charge is -2.05. The van der Waals surface area contributed by atoms with Gasteiger partial charge in [-0.3, -0.25) is 14.8 Å². The van der Waals surface area contributed by atoms with E-state index in [1.54, 1.807) is 18.5 Å². The smallest absolute Gasteiger partial charge is 0.152 e. The van der Waals surface area contributed by atoms with Crippen LogP contribution in [0.3, 0.4) is 0 Å². The summed E-state index contributed by atoms with van der Waals surface area (Å²) in [4.78, 5) is 19.6. The summed E-state index contributed by atoms with van der Waals surface area (Å²) in [6, 6.07) is 9.39. The van der Waals surface area contributed by atoms with Crippen molar-refractivity contribution < 1.29 is 4.79 Å². The summed E-state index contributed by atoms with van der Waals surface area (Å²) in [7, 11) is 0. The summed E-state index contributed by atoms with van der Waals surface area (Å²) in [6.07, 6.45) is 4.30. The van der Waals surface area contributed by atoms with E-state index in [0.29, 0.717) is 5.56 Å². The third kappa shape index (κ3) is 2.51. The third-order valence-corrected chi connectivity index (χ3v) is 2.77. The molecule has 0 fully saturated rings. The molecule has 2 rings (SSSR count). The highest BCUT2D eigenvalue weighted by Gasteiger charge is 2.04. The largest absolute Gasteiger partial charge is 0.298 e. The van der Waals surface area contributed by atoms with E-state index in [2.05, 4.69) is 9.98 Å². The van der Waals surface area contributed by atoms with E-state index in [1.165, 1.54) is 0 Å². The Morgan fingerprint density at radius 3 is 2.61 bits per heavy atom. The number of aldehydes is 1. The zero-order chi connectivity index (χ0) is 13.0. The zero-order valence-corrected chi connectivity index (χ0v) is 10.4. The fraction of sp³-hybridized carbons (Fsp3) is 0.133. The molecule has 0 saturated carbocycles. The van der Waals surface area contributed by atoms with Gasteiger partial charge in [0.05, 0.1) is 5.69 Å². The molecule has 1 aromatic heterocycles. The Kier molecular flexibility index (Phi) is 3.63. The molecule has 0 aliphatic rings. The molecule has 0 amide bonds. The fourth-order valence-electron chi connectivity index (χ4n) is 1.75. The maximum absolute atomic E-state index is 11.0. The van der Waals surface area contributed by atoms with Crippen molar-refractivity contribution in [1.82, 2.24) is 4.98 Å². The summed E-state index contributed by atoms with van der Waals surface area (Å²) in [5, 5.41) is 0. The van der Waals surface area contributed by atoms with Gasteiger partial charge in [0, 0.05) is 23.7 Å². The van der Waals surface area contributed by atoms with Crippen LogP contribution in [0, 0.1) is 6.92 Å². The minimum atomic E-state index is 0.614. The monoisotopic (exact) mass is 238 g/mol. The fourth-order valence-corrected chi connectivity index (χ4v) is 1.75. The second-order valence-corrected chi connectivity index (χ2v) is 4.06. The average Bonchev–Trinajstić information content (AvgIpc) is 2.42. The lowest BCUT2D eigenvalue weighted by molar-refractivity contribution is 0.112. The number of carbonyl (C=O) groups excluding carboxylic acids is 1. The predicted octanol–water partition coefficient (Wildman–Crippen LogP) is 3.34. The van der Waals surface area contributed by atoms with Gasteiger partial charge in [0.15, 0.2) is 6.29 Å². The molecule has 0 bridgehead atoms. The number of benzene rings is 1. The van der Waals surface area contributed by atoms with E-state index in [9.17, 15) is 4.79 Å². The van der Waals surface area contributed by atoms with Crippen LogP contribution < -0.4 is 0 Å². The van der Waals surface area contributed by atoms with E-state index in [4.69, 9.17) is 0 Å². The molecular formula is C15H14N2O. The van der Waals surface area contributed by atoms with Gasteiger partial charge in [-0.25, -0.2) is 0 Å². The molecule has 0 N–H and O–H groups in total. The second-order valence-electron chi connectivity index (χ2n) is 4.06. The molecule has 0 atom stereocenters. The molecule has 3 nitrogen and oxygen atoms in total. The van der Waals surface area contributed by atoms with Gasteiger partial charge in [-0.1, -0.05) is 12.1 Å². The van der Waals surface area contributed by atoms with Gasteiger partial charge in [-0.15, -0.1) is 0 Å². The minimum Gasteiger partial charge on any atom is -0.298 e. The molecule has 1 aromatic carbocycles. The standard InChI is InChI=1S/C15H14N2O/c1-11-4-3-5-14(10-18)15(11)17-12(2)13-6-8-16-9-7-13/h3-10H,1-2H3/b17-12+. The Morgan fingerprint density at radius 1 is 1.22 bits per heavy atom. The quantitative estimate of drug-likeness (QED) is 0.608. The van der Waals surface area contributed by atoms with Crippen molar-refractivity contribution in [1.29, 1.82) is 0 Å². The maximum Gasteiger partial charge on any atom is 0.152 e. The molecule has 0 spiro atoms. The SMILES string of the molecule is C/C(=N\c1c(C)cccc1C=O)c1ccncc1. The number of aliphatic imine (C=N–C) groups is 1. The summed E-state index contributed by atoms with van der Waals surface area (Å²) in [5.74, 6) is 0. The van der Waals surface area contributed by atoms with Crippen LogP contribution in [0.2, 0.25) is 0 Å². The van der Waals surface area contributed by atoms with Crippen LogP contribution in [0.15, 0.2) is 47.7 Å². The Labute approximate surface area is 106 Å². The number of pyridine rings is 1. The van der Waals surface area contributed by atoms with Gasteiger partial charge in [-0.2, -0.15) is 0 Å². The Hall–Kier alpha value is -2.29. The first-order valence-electron chi connectivity index (χ1n) is 5.73. The first kappa shape index (κ1) is 12.2. The van der Waals surface area contributed by atoms with E-state index < -0.39 is 0 Å². The van der Waals surface area contributed by atoms with Crippen molar-refractivity contribution in [3.63, 3.8) is 0 Å². The van der Waals surface area contributed by atoms with Crippen LogP contribution in [0.5, 0.6) is 0 Å². The number of hydrogen-bond donors (Lipinski definition) is 0. The molecule has 0 aliphatic heterocycles. The van der Waals surface area contributed by atoms with Gasteiger partial charge < -0.3 is 0 Å². The Bertz CT molecular complexity index is 589. The molecule has 1 heterocycles. The number of para-hydroxylation sites is 1. The minimum absolute atomic E-state index is 0.614. The Balaban J connectivity index is 2.48. The van der Waals surface area contributed by atoms with Crippen molar-refractivity contribution in [2.45, 2.75) is 13.8 Å². The molecule has 2 aromatic rings. The van der Waals surface area contributed by atoms with Crippen LogP contribution in [0.1, 0.15) is 28.4 Å². The summed E-state index contributed by atoms with van der Waals surface area (Å²) in [6.45, 7) is 3.88. The normalized spacial score (nSPS) is 11.3. The molecule has 0 radical (unpaired) electrons. The zero-order valence-electron chi connectivity index (χ0n) is 10.4. The Morgan fingerprint density at radius 2 is 1.94 bits per heavy atom. The number of aryl methyl sites for hydroxylation is 1. The van der Waals surface area contributed by atoms with Crippen LogP contribution >= 0.6 is 0 Å². The van der Waals surface area contributed by atoms with Crippen molar-refractivity contribution in [3.05, 3.63) is 59.4 Å². The highest BCUT2D eigenvalue weighted by molar-refractivity contribution is 6.01. The average molecular weight is 238 g/mol. The van der Waals surface area contributed by atoms with Crippen LogP contribution in [0.4, 0.5) is 5.69 Å². The van der Waals surface area contributed by atoms with Crippen LogP contribution in [-0.2, 0) is 0 Å². The van der Waals surface area contributed by atoms with Crippen molar-refractivity contribution in [2.75, 3.05) is 0 Å².